The molecular weight excluding hydrogens is 322 g/mol. The van der Waals surface area contributed by atoms with Gasteiger partial charge in [0.05, 0.1) is 11.8 Å². The minimum absolute atomic E-state index is 0.0724. The molecule has 1 aliphatic carbocycles. The summed E-state index contributed by atoms with van der Waals surface area (Å²) in [6, 6.07) is 0. The van der Waals surface area contributed by atoms with Crippen LogP contribution in [0.5, 0.6) is 0 Å². The van der Waals surface area contributed by atoms with Gasteiger partial charge in [-0.2, -0.15) is 4.98 Å². The van der Waals surface area contributed by atoms with Gasteiger partial charge >= 0.3 is 5.97 Å². The third-order valence-corrected chi connectivity index (χ3v) is 5.45. The predicted molar refractivity (Wildman–Crippen MR) is 89.1 cm³/mol. The largest absolute Gasteiger partial charge is 0.481 e. The van der Waals surface area contributed by atoms with E-state index in [9.17, 15) is 4.79 Å². The van der Waals surface area contributed by atoms with Crippen LogP contribution in [0.1, 0.15) is 30.2 Å². The highest BCUT2D eigenvalue weighted by atomic mass is 35.5. The van der Waals surface area contributed by atoms with E-state index in [-0.39, 0.29) is 11.7 Å². The smallest absolute Gasteiger partial charge is 0.305 e. The number of carboxylic acid groups (broad SMARTS) is 1. The molecule has 1 N–H and O–H groups in total. The minimum Gasteiger partial charge on any atom is -0.481 e. The fraction of sp³-hybridized carbons (Fsp3) is 0.533. The molecule has 1 aliphatic rings. The second-order valence-electron chi connectivity index (χ2n) is 5.91. The second-order valence-corrected chi connectivity index (χ2v) is 7.34. The van der Waals surface area contributed by atoms with Crippen LogP contribution in [0.25, 0.3) is 10.2 Å². The number of aromatic nitrogens is 2. The van der Waals surface area contributed by atoms with Crippen molar-refractivity contribution >= 4 is 44.9 Å². The molecule has 0 spiro atoms. The van der Waals surface area contributed by atoms with Crippen molar-refractivity contribution in [2.45, 2.75) is 32.6 Å². The normalized spacial score (nSPS) is 17.5. The van der Waals surface area contributed by atoms with E-state index in [1.54, 1.807) is 11.3 Å². The van der Waals surface area contributed by atoms with E-state index in [4.69, 9.17) is 16.7 Å². The van der Waals surface area contributed by atoms with Gasteiger partial charge in [-0.3, -0.25) is 4.79 Å². The molecule has 1 atom stereocenters. The Hall–Kier alpha value is -1.40. The summed E-state index contributed by atoms with van der Waals surface area (Å²) < 4.78 is 0. The molecule has 118 valence electrons. The van der Waals surface area contributed by atoms with E-state index in [1.807, 2.05) is 11.9 Å². The molecule has 0 saturated heterocycles. The van der Waals surface area contributed by atoms with Crippen molar-refractivity contribution < 1.29 is 9.90 Å². The van der Waals surface area contributed by atoms with Gasteiger partial charge in [0, 0.05) is 18.5 Å². The molecule has 0 fully saturated rings. The van der Waals surface area contributed by atoms with Crippen LogP contribution in [0.15, 0.2) is 0 Å². The lowest BCUT2D eigenvalue weighted by Crippen LogP contribution is -2.22. The maximum absolute atomic E-state index is 10.8. The summed E-state index contributed by atoms with van der Waals surface area (Å²) in [5.74, 6) is 0.630. The molecule has 0 aliphatic heterocycles. The highest BCUT2D eigenvalue weighted by Crippen LogP contribution is 2.41. The van der Waals surface area contributed by atoms with Gasteiger partial charge in [0.2, 0.25) is 5.28 Å². The fourth-order valence-electron chi connectivity index (χ4n) is 2.94. The number of rotatable bonds is 4. The Morgan fingerprint density at radius 1 is 1.50 bits per heavy atom. The van der Waals surface area contributed by atoms with E-state index in [0.29, 0.717) is 12.5 Å². The Labute approximate surface area is 137 Å². The van der Waals surface area contributed by atoms with Crippen molar-refractivity contribution in [2.24, 2.45) is 5.92 Å². The van der Waals surface area contributed by atoms with Gasteiger partial charge in [-0.15, -0.1) is 11.3 Å². The third kappa shape index (κ3) is 2.90. The van der Waals surface area contributed by atoms with Crippen LogP contribution < -0.4 is 4.90 Å². The highest BCUT2D eigenvalue weighted by Gasteiger charge is 2.25. The van der Waals surface area contributed by atoms with E-state index in [0.717, 1.165) is 28.9 Å². The van der Waals surface area contributed by atoms with Crippen molar-refractivity contribution in [3.05, 3.63) is 15.7 Å². The van der Waals surface area contributed by atoms with Crippen molar-refractivity contribution in [1.82, 2.24) is 9.97 Å². The van der Waals surface area contributed by atoms with E-state index in [2.05, 4.69) is 16.9 Å². The molecular formula is C15H18ClN3O2S. The first-order valence-corrected chi connectivity index (χ1v) is 8.56. The lowest BCUT2D eigenvalue weighted by molar-refractivity contribution is -0.136. The van der Waals surface area contributed by atoms with Gasteiger partial charge in [-0.25, -0.2) is 4.98 Å². The number of aliphatic carboxylic acids is 1. The molecule has 7 heteroatoms. The minimum atomic E-state index is -0.815. The zero-order valence-corrected chi connectivity index (χ0v) is 14.2. The standard InChI is InChI=1S/C15H18ClN3O2S/c1-8-3-4-9-10(7-8)22-14-12(9)13(17-15(16)18-14)19(2)6-5-11(20)21/h8H,3-7H2,1-2H3,(H,20,21). The second kappa shape index (κ2) is 6.01. The first kappa shape index (κ1) is 15.5. The van der Waals surface area contributed by atoms with Crippen LogP contribution in [-0.2, 0) is 17.6 Å². The number of thiophene rings is 1. The van der Waals surface area contributed by atoms with Gasteiger partial charge in [-0.1, -0.05) is 6.92 Å². The average molecular weight is 340 g/mol. The number of carboxylic acids is 1. The first-order chi connectivity index (χ1) is 10.5. The maximum Gasteiger partial charge on any atom is 0.305 e. The molecule has 3 rings (SSSR count). The van der Waals surface area contributed by atoms with Crippen LogP contribution >= 0.6 is 22.9 Å². The van der Waals surface area contributed by atoms with Gasteiger partial charge in [0.25, 0.3) is 0 Å². The summed E-state index contributed by atoms with van der Waals surface area (Å²) in [7, 11) is 1.86. The van der Waals surface area contributed by atoms with Crippen molar-refractivity contribution in [3.63, 3.8) is 0 Å². The van der Waals surface area contributed by atoms with Gasteiger partial charge < -0.3 is 10.0 Å². The van der Waals surface area contributed by atoms with Crippen LogP contribution in [0, 0.1) is 5.92 Å². The lowest BCUT2D eigenvalue weighted by Gasteiger charge is -2.21. The van der Waals surface area contributed by atoms with Gasteiger partial charge in [0.1, 0.15) is 10.6 Å². The van der Waals surface area contributed by atoms with Crippen LogP contribution in [0.3, 0.4) is 0 Å². The lowest BCUT2D eigenvalue weighted by atomic mass is 9.89. The van der Waals surface area contributed by atoms with E-state index >= 15 is 0 Å². The predicted octanol–water partition coefficient (Wildman–Crippen LogP) is 3.38. The molecule has 0 bridgehead atoms. The van der Waals surface area contributed by atoms with Crippen molar-refractivity contribution in [2.75, 3.05) is 18.5 Å². The molecule has 5 nitrogen and oxygen atoms in total. The Morgan fingerprint density at radius 2 is 2.27 bits per heavy atom. The highest BCUT2D eigenvalue weighted by molar-refractivity contribution is 7.19. The summed E-state index contributed by atoms with van der Waals surface area (Å²) in [6.45, 7) is 2.67. The Morgan fingerprint density at radius 3 is 3.00 bits per heavy atom. The zero-order valence-electron chi connectivity index (χ0n) is 12.6. The Balaban J connectivity index is 2.07. The summed E-state index contributed by atoms with van der Waals surface area (Å²) in [5.41, 5.74) is 1.33. The van der Waals surface area contributed by atoms with E-state index < -0.39 is 5.97 Å². The number of anilines is 1. The average Bonchev–Trinajstić information content (AvgIpc) is 2.80. The van der Waals surface area contributed by atoms with E-state index in [1.165, 1.54) is 16.9 Å². The van der Waals surface area contributed by atoms with Crippen molar-refractivity contribution in [1.29, 1.82) is 0 Å². The molecule has 2 aromatic heterocycles. The number of hydrogen-bond acceptors (Lipinski definition) is 5. The van der Waals surface area contributed by atoms with Crippen LogP contribution in [-0.4, -0.2) is 34.6 Å². The zero-order chi connectivity index (χ0) is 15.9. The summed E-state index contributed by atoms with van der Waals surface area (Å²) in [4.78, 5) is 23.7. The Bertz CT molecular complexity index is 731. The SMILES string of the molecule is CC1CCc2c(sc3nc(Cl)nc(N(C)CCC(=O)O)c23)C1. The molecule has 2 aromatic rings. The molecule has 0 saturated carbocycles. The van der Waals surface area contributed by atoms with Gasteiger partial charge in [-0.05, 0) is 42.3 Å². The number of nitrogens with zero attached hydrogens (tertiary/aromatic N) is 3. The Kier molecular flexibility index (Phi) is 4.23. The summed E-state index contributed by atoms with van der Waals surface area (Å²) >= 11 is 7.76. The first-order valence-electron chi connectivity index (χ1n) is 7.36. The molecule has 0 aromatic carbocycles. The van der Waals surface area contributed by atoms with Crippen LogP contribution in [0.4, 0.5) is 5.82 Å². The summed E-state index contributed by atoms with van der Waals surface area (Å²) in [5, 5.41) is 10.2. The molecule has 2 heterocycles. The number of carbonyl (C=O) groups is 1. The monoisotopic (exact) mass is 339 g/mol. The quantitative estimate of drug-likeness (QED) is 0.865. The number of aryl methyl sites for hydroxylation is 1. The number of halogens is 1. The molecule has 22 heavy (non-hydrogen) atoms. The third-order valence-electron chi connectivity index (χ3n) is 4.13. The molecule has 0 amide bonds. The fourth-order valence-corrected chi connectivity index (χ4v) is 4.54. The topological polar surface area (TPSA) is 66.3 Å². The molecule has 0 radical (unpaired) electrons. The van der Waals surface area contributed by atoms with Gasteiger partial charge in [0.15, 0.2) is 0 Å². The molecule has 1 unspecified atom stereocenters. The summed E-state index contributed by atoms with van der Waals surface area (Å²) in [6.07, 6.45) is 3.34. The maximum atomic E-state index is 10.8. The van der Waals surface area contributed by atoms with Crippen LogP contribution in [0.2, 0.25) is 5.28 Å². The van der Waals surface area contributed by atoms with Crippen molar-refractivity contribution in [3.8, 4) is 0 Å². The number of hydrogen-bond donors (Lipinski definition) is 1. The number of fused-ring (bicyclic) bond motifs is 3.